The number of hydrazone groups is 1. The number of dihydropyridines is 1. The number of para-hydroxylation sites is 1. The van der Waals surface area contributed by atoms with Crippen LogP contribution in [0, 0.1) is 0 Å². The molecular formula is C19H24N4O2. The van der Waals surface area contributed by atoms with Gasteiger partial charge in [0.1, 0.15) is 5.76 Å². The summed E-state index contributed by atoms with van der Waals surface area (Å²) in [5.74, 6) is 0.798. The van der Waals surface area contributed by atoms with Crippen LogP contribution in [0.3, 0.4) is 0 Å². The topological polar surface area (TPSA) is 74.8 Å². The van der Waals surface area contributed by atoms with Crippen molar-refractivity contribution in [1.82, 2.24) is 10.6 Å². The van der Waals surface area contributed by atoms with Crippen molar-refractivity contribution in [3.05, 3.63) is 65.2 Å². The Morgan fingerprint density at radius 2 is 2.12 bits per heavy atom. The van der Waals surface area contributed by atoms with E-state index in [1.54, 1.807) is 13.3 Å². The van der Waals surface area contributed by atoms with E-state index in [0.717, 1.165) is 40.4 Å². The summed E-state index contributed by atoms with van der Waals surface area (Å²) in [4.78, 5) is 10.6. The van der Waals surface area contributed by atoms with E-state index in [-0.39, 0.29) is 0 Å². The molecule has 2 rings (SSSR count). The number of rotatable bonds is 8. The summed E-state index contributed by atoms with van der Waals surface area (Å²) < 4.78 is 5.47. The molecule has 1 aromatic carbocycles. The summed E-state index contributed by atoms with van der Waals surface area (Å²) in [5, 5.41) is 10.5. The number of nitrogens with one attached hydrogen (secondary N) is 3. The van der Waals surface area contributed by atoms with E-state index in [4.69, 9.17) is 4.74 Å². The first-order chi connectivity index (χ1) is 12.2. The monoisotopic (exact) mass is 340 g/mol. The van der Waals surface area contributed by atoms with Gasteiger partial charge in [-0.05, 0) is 37.1 Å². The summed E-state index contributed by atoms with van der Waals surface area (Å²) in [5.41, 5.74) is 7.56. The highest BCUT2D eigenvalue weighted by molar-refractivity contribution is 6.13. The van der Waals surface area contributed by atoms with Crippen LogP contribution >= 0.6 is 0 Å². The number of amides is 1. The van der Waals surface area contributed by atoms with E-state index in [9.17, 15) is 4.79 Å². The quantitative estimate of drug-likeness (QED) is 0.386. The Kier molecular flexibility index (Phi) is 6.83. The zero-order chi connectivity index (χ0) is 18.1. The lowest BCUT2D eigenvalue weighted by atomic mass is 10.0. The minimum absolute atomic E-state index is 0.634. The van der Waals surface area contributed by atoms with E-state index >= 15 is 0 Å². The van der Waals surface area contributed by atoms with E-state index in [2.05, 4.69) is 28.1 Å². The van der Waals surface area contributed by atoms with Crippen molar-refractivity contribution < 1.29 is 9.53 Å². The second kappa shape index (κ2) is 9.32. The Morgan fingerprint density at radius 1 is 1.36 bits per heavy atom. The van der Waals surface area contributed by atoms with Crippen molar-refractivity contribution in [3.63, 3.8) is 0 Å². The maximum absolute atomic E-state index is 10.6. The molecule has 0 atom stereocenters. The second-order valence-corrected chi connectivity index (χ2v) is 5.47. The van der Waals surface area contributed by atoms with Crippen molar-refractivity contribution in [2.24, 2.45) is 5.10 Å². The molecule has 0 saturated heterocycles. The number of methoxy groups -OCH3 is 1. The number of benzene rings is 1. The highest BCUT2D eigenvalue weighted by Crippen LogP contribution is 2.19. The van der Waals surface area contributed by atoms with Gasteiger partial charge in [0.25, 0.3) is 0 Å². The Balaban J connectivity index is 2.36. The third-order valence-electron chi connectivity index (χ3n) is 3.78. The molecule has 0 unspecified atom stereocenters. The maximum Gasteiger partial charge on any atom is 0.211 e. The lowest BCUT2D eigenvalue weighted by molar-refractivity contribution is -0.108. The number of allylic oxidation sites excluding steroid dienone is 3. The highest BCUT2D eigenvalue weighted by atomic mass is 16.5. The van der Waals surface area contributed by atoms with Crippen LogP contribution in [-0.2, 0) is 9.53 Å². The summed E-state index contributed by atoms with van der Waals surface area (Å²) in [6, 6.07) is 9.70. The van der Waals surface area contributed by atoms with Gasteiger partial charge in [-0.15, -0.1) is 0 Å². The summed E-state index contributed by atoms with van der Waals surface area (Å²) in [6.07, 6.45) is 5.11. The normalized spacial score (nSPS) is 15.2. The Labute approximate surface area is 148 Å². The number of nitrogens with zero attached hydrogens (tertiary/aromatic N) is 1. The van der Waals surface area contributed by atoms with Crippen molar-refractivity contribution in [3.8, 4) is 0 Å². The van der Waals surface area contributed by atoms with Gasteiger partial charge >= 0.3 is 0 Å². The first-order valence-electron chi connectivity index (χ1n) is 8.17. The smallest absolute Gasteiger partial charge is 0.211 e. The van der Waals surface area contributed by atoms with E-state index in [1.165, 1.54) is 0 Å². The molecular weight excluding hydrogens is 316 g/mol. The lowest BCUT2D eigenvalue weighted by Crippen LogP contribution is -2.27. The number of ether oxygens (including phenoxy) is 1. The van der Waals surface area contributed by atoms with Gasteiger partial charge < -0.3 is 15.4 Å². The van der Waals surface area contributed by atoms with Gasteiger partial charge in [0.05, 0.1) is 24.2 Å². The number of carbonyl (C=O) groups is 1. The van der Waals surface area contributed by atoms with Crippen LogP contribution < -0.4 is 16.1 Å². The predicted molar refractivity (Wildman–Crippen MR) is 101 cm³/mol. The van der Waals surface area contributed by atoms with E-state index in [0.29, 0.717) is 13.0 Å². The highest BCUT2D eigenvalue weighted by Gasteiger charge is 2.17. The SMILES string of the molecule is CCC1=C(OC)C=C(C(=N/Nc2ccccc2)/C(C)=C/NC=O)CN1. The molecule has 25 heavy (non-hydrogen) atoms. The maximum atomic E-state index is 10.6. The van der Waals surface area contributed by atoms with E-state index < -0.39 is 0 Å². The molecule has 132 valence electrons. The average Bonchev–Trinajstić information content (AvgIpc) is 2.67. The van der Waals surface area contributed by atoms with Gasteiger partial charge in [0.15, 0.2) is 0 Å². The van der Waals surface area contributed by atoms with Crippen LogP contribution in [-0.4, -0.2) is 25.8 Å². The van der Waals surface area contributed by atoms with Crippen LogP contribution in [0.1, 0.15) is 20.3 Å². The van der Waals surface area contributed by atoms with Crippen LogP contribution in [0.4, 0.5) is 5.69 Å². The van der Waals surface area contributed by atoms with E-state index in [1.807, 2.05) is 43.3 Å². The fourth-order valence-electron chi connectivity index (χ4n) is 2.49. The van der Waals surface area contributed by atoms with Gasteiger partial charge in [-0.25, -0.2) is 0 Å². The van der Waals surface area contributed by atoms with Gasteiger partial charge in [-0.3, -0.25) is 10.2 Å². The minimum Gasteiger partial charge on any atom is -0.495 e. The van der Waals surface area contributed by atoms with Gasteiger partial charge in [-0.1, -0.05) is 25.1 Å². The standard InChI is InChI=1S/C19H24N4O2/c1-4-17-18(25-3)10-15(12-21-17)19(14(2)11-20-13-24)23-22-16-8-6-5-7-9-16/h5-11,13,21-22H,4,12H2,1-3H3,(H,20,24)/b14-11+,23-19+. The molecule has 0 aromatic heterocycles. The number of anilines is 1. The molecule has 1 aliphatic rings. The molecule has 6 heteroatoms. The van der Waals surface area contributed by atoms with Gasteiger partial charge in [0, 0.05) is 18.3 Å². The lowest BCUT2D eigenvalue weighted by Gasteiger charge is -2.22. The molecule has 3 N–H and O–H groups in total. The zero-order valence-electron chi connectivity index (χ0n) is 14.8. The van der Waals surface area contributed by atoms with Crippen molar-refractivity contribution in [1.29, 1.82) is 0 Å². The molecule has 1 heterocycles. The summed E-state index contributed by atoms with van der Waals surface area (Å²) in [7, 11) is 1.65. The third-order valence-corrected chi connectivity index (χ3v) is 3.78. The summed E-state index contributed by atoms with van der Waals surface area (Å²) in [6.45, 7) is 4.61. The molecule has 6 nitrogen and oxygen atoms in total. The van der Waals surface area contributed by atoms with Crippen molar-refractivity contribution in [2.75, 3.05) is 19.1 Å². The van der Waals surface area contributed by atoms with Crippen molar-refractivity contribution >= 4 is 17.8 Å². The van der Waals surface area contributed by atoms with Crippen LogP contribution in [0.25, 0.3) is 0 Å². The summed E-state index contributed by atoms with van der Waals surface area (Å²) >= 11 is 0. The Hall–Kier alpha value is -3.02. The van der Waals surface area contributed by atoms with Crippen LogP contribution in [0.2, 0.25) is 0 Å². The second-order valence-electron chi connectivity index (χ2n) is 5.47. The molecule has 1 aromatic rings. The molecule has 0 spiro atoms. The largest absolute Gasteiger partial charge is 0.495 e. The third kappa shape index (κ3) is 4.97. The minimum atomic E-state index is 0.634. The fraction of sp³-hybridized carbons (Fsp3) is 0.263. The zero-order valence-corrected chi connectivity index (χ0v) is 14.8. The fourth-order valence-corrected chi connectivity index (χ4v) is 2.49. The first kappa shape index (κ1) is 18.3. The Bertz CT molecular complexity index is 718. The molecule has 0 bridgehead atoms. The van der Waals surface area contributed by atoms with Crippen molar-refractivity contribution in [2.45, 2.75) is 20.3 Å². The molecule has 1 aliphatic heterocycles. The number of hydrogen-bond donors (Lipinski definition) is 3. The number of carbonyl (C=O) groups excluding carboxylic acids is 1. The van der Waals surface area contributed by atoms with Crippen LogP contribution in [0.15, 0.2) is 70.3 Å². The Morgan fingerprint density at radius 3 is 2.76 bits per heavy atom. The average molecular weight is 340 g/mol. The van der Waals surface area contributed by atoms with Gasteiger partial charge in [-0.2, -0.15) is 5.10 Å². The molecule has 0 saturated carbocycles. The molecule has 1 amide bonds. The molecule has 0 fully saturated rings. The molecule has 0 radical (unpaired) electrons. The number of hydrogen-bond acceptors (Lipinski definition) is 5. The van der Waals surface area contributed by atoms with Crippen LogP contribution in [0.5, 0.6) is 0 Å². The van der Waals surface area contributed by atoms with Gasteiger partial charge in [0.2, 0.25) is 6.41 Å². The first-order valence-corrected chi connectivity index (χ1v) is 8.17. The molecule has 0 aliphatic carbocycles. The predicted octanol–water partition coefficient (Wildman–Crippen LogP) is 2.90.